The van der Waals surface area contributed by atoms with Crippen molar-refractivity contribution in [1.29, 1.82) is 0 Å². The van der Waals surface area contributed by atoms with Gasteiger partial charge in [0.2, 0.25) is 0 Å². The Hall–Kier alpha value is -1.84. The van der Waals surface area contributed by atoms with E-state index in [2.05, 4.69) is 5.32 Å². The Morgan fingerprint density at radius 2 is 1.88 bits per heavy atom. The number of halogens is 1. The third kappa shape index (κ3) is 8.03. The summed E-state index contributed by atoms with van der Waals surface area (Å²) in [6.07, 6.45) is -1.11. The van der Waals surface area contributed by atoms with Crippen molar-refractivity contribution in [2.45, 2.75) is 45.4 Å². The fourth-order valence-electron chi connectivity index (χ4n) is 2.12. The van der Waals surface area contributed by atoms with Crippen molar-refractivity contribution >= 4 is 40.6 Å². The van der Waals surface area contributed by atoms with Gasteiger partial charge in [0.15, 0.2) is 0 Å². The molecule has 0 spiro atoms. The van der Waals surface area contributed by atoms with Crippen LogP contribution in [-0.4, -0.2) is 39.7 Å². The average molecular weight is 477 g/mol. The smallest absolute Gasteiger partial charge is 0.408 e. The zero-order chi connectivity index (χ0) is 19.5. The van der Waals surface area contributed by atoms with E-state index in [0.29, 0.717) is 10.8 Å². The average Bonchev–Trinajstić information content (AvgIpc) is 2.63. The Morgan fingerprint density at radius 3 is 2.42 bits per heavy atom. The summed E-state index contributed by atoms with van der Waals surface area (Å²) < 4.78 is 10.8. The summed E-state index contributed by atoms with van der Waals surface area (Å²) in [5.74, 6) is -1.89. The van der Waals surface area contributed by atoms with Crippen LogP contribution in [0.3, 0.4) is 0 Å². The lowest BCUT2D eigenvalue weighted by Gasteiger charge is -2.24. The minimum atomic E-state index is -1.05. The van der Waals surface area contributed by atoms with Gasteiger partial charge in [-0.05, 0) is 11.5 Å². The van der Waals surface area contributed by atoms with E-state index in [9.17, 15) is 14.4 Å². The van der Waals surface area contributed by atoms with E-state index in [1.54, 1.807) is 6.92 Å². The highest BCUT2D eigenvalue weighted by molar-refractivity contribution is 14.1. The van der Waals surface area contributed by atoms with E-state index >= 15 is 0 Å². The Balaban J connectivity index is 2.65. The third-order valence-corrected chi connectivity index (χ3v) is 4.79. The van der Waals surface area contributed by atoms with Gasteiger partial charge in [-0.2, -0.15) is 0 Å². The predicted octanol–water partition coefficient (Wildman–Crippen LogP) is 3.15. The minimum absolute atomic E-state index is 0.0876. The van der Waals surface area contributed by atoms with Gasteiger partial charge in [-0.1, -0.05) is 73.2 Å². The van der Waals surface area contributed by atoms with Crippen molar-refractivity contribution in [3.05, 3.63) is 35.9 Å². The molecule has 3 atom stereocenters. The maximum Gasteiger partial charge on any atom is 0.408 e. The van der Waals surface area contributed by atoms with E-state index in [4.69, 9.17) is 14.6 Å². The topological polar surface area (TPSA) is 102 Å². The molecule has 8 heteroatoms. The van der Waals surface area contributed by atoms with Gasteiger partial charge in [-0.15, -0.1) is 0 Å². The first-order valence-electron chi connectivity index (χ1n) is 8.32. The molecule has 0 saturated heterocycles. The number of alkyl halides is 1. The maximum atomic E-state index is 12.4. The van der Waals surface area contributed by atoms with Gasteiger partial charge in [-0.25, -0.2) is 9.59 Å². The molecule has 26 heavy (non-hydrogen) atoms. The first-order chi connectivity index (χ1) is 12.4. The molecule has 0 bridgehead atoms. The number of carboxylic acid groups (broad SMARTS) is 1. The number of ether oxygens (including phenoxy) is 2. The number of alkyl carbamates (subject to hydrolysis) is 1. The fraction of sp³-hybridized carbons (Fsp3) is 0.500. The zero-order valence-corrected chi connectivity index (χ0v) is 17.0. The van der Waals surface area contributed by atoms with Crippen LogP contribution in [0.4, 0.5) is 4.79 Å². The molecule has 7 nitrogen and oxygen atoms in total. The fourth-order valence-corrected chi connectivity index (χ4v) is 2.61. The summed E-state index contributed by atoms with van der Waals surface area (Å²) in [6, 6.07) is 8.28. The number of rotatable bonds is 10. The number of aliphatic carboxylic acids is 1. The summed E-state index contributed by atoms with van der Waals surface area (Å²) in [5.41, 5.74) is 0.830. The second kappa shape index (κ2) is 11.7. The SMILES string of the molecule is CC[C@H](C)[C@H](NC(=O)OCc1ccccc1)C(=O)OC(CI)CC(=O)O. The van der Waals surface area contributed by atoms with Crippen LogP contribution in [0.1, 0.15) is 32.3 Å². The van der Waals surface area contributed by atoms with E-state index in [-0.39, 0.29) is 18.9 Å². The summed E-state index contributed by atoms with van der Waals surface area (Å²) in [5, 5.41) is 11.4. The number of hydrogen-bond donors (Lipinski definition) is 2. The second-order valence-electron chi connectivity index (χ2n) is 5.88. The number of amides is 1. The van der Waals surface area contributed by atoms with Crippen molar-refractivity contribution in [2.24, 2.45) is 5.92 Å². The van der Waals surface area contributed by atoms with E-state index in [1.807, 2.05) is 59.8 Å². The van der Waals surface area contributed by atoms with Gasteiger partial charge in [0.1, 0.15) is 18.8 Å². The van der Waals surface area contributed by atoms with Crippen molar-refractivity contribution in [3.63, 3.8) is 0 Å². The van der Waals surface area contributed by atoms with Gasteiger partial charge in [0.05, 0.1) is 6.42 Å². The molecule has 1 aromatic rings. The monoisotopic (exact) mass is 477 g/mol. The molecule has 0 heterocycles. The molecule has 0 radical (unpaired) electrons. The number of esters is 1. The second-order valence-corrected chi connectivity index (χ2v) is 6.76. The number of hydrogen-bond acceptors (Lipinski definition) is 5. The first-order valence-corrected chi connectivity index (χ1v) is 9.85. The van der Waals surface area contributed by atoms with Gasteiger partial charge < -0.3 is 19.9 Å². The highest BCUT2D eigenvalue weighted by Crippen LogP contribution is 2.13. The van der Waals surface area contributed by atoms with Gasteiger partial charge in [0, 0.05) is 4.43 Å². The number of benzene rings is 1. The Morgan fingerprint density at radius 1 is 1.23 bits per heavy atom. The largest absolute Gasteiger partial charge is 0.481 e. The van der Waals surface area contributed by atoms with Crippen LogP contribution in [0.5, 0.6) is 0 Å². The Labute approximate surface area is 166 Å². The first kappa shape index (κ1) is 22.2. The standard InChI is InChI=1S/C18H24INO6/c1-3-12(2)16(17(23)26-14(10-19)9-15(21)22)20-18(24)25-11-13-7-5-4-6-8-13/h4-8,12,14,16H,3,9-11H2,1-2H3,(H,20,24)(H,21,22)/t12-,14?,16-/m0/s1. The molecule has 1 unspecified atom stereocenters. The third-order valence-electron chi connectivity index (χ3n) is 3.81. The molecular formula is C18H24INO6. The van der Waals surface area contributed by atoms with E-state index < -0.39 is 30.2 Å². The quantitative estimate of drug-likeness (QED) is 0.305. The number of carboxylic acids is 1. The molecule has 0 aliphatic carbocycles. The summed E-state index contributed by atoms with van der Waals surface area (Å²) in [4.78, 5) is 35.3. The van der Waals surface area contributed by atoms with Crippen LogP contribution < -0.4 is 5.32 Å². The van der Waals surface area contributed by atoms with Gasteiger partial charge in [0.25, 0.3) is 0 Å². The Kier molecular flexibility index (Phi) is 10.0. The summed E-state index contributed by atoms with van der Waals surface area (Å²) in [7, 11) is 0. The van der Waals surface area contributed by atoms with Crippen molar-refractivity contribution in [3.8, 4) is 0 Å². The summed E-state index contributed by atoms with van der Waals surface area (Å²) in [6.45, 7) is 3.78. The number of carbonyl (C=O) groups excluding carboxylic acids is 2. The minimum Gasteiger partial charge on any atom is -0.481 e. The maximum absolute atomic E-state index is 12.4. The molecule has 0 aromatic heterocycles. The van der Waals surface area contributed by atoms with Crippen molar-refractivity contribution in [1.82, 2.24) is 5.32 Å². The van der Waals surface area contributed by atoms with E-state index in [0.717, 1.165) is 5.56 Å². The molecule has 1 amide bonds. The highest BCUT2D eigenvalue weighted by Gasteiger charge is 2.30. The number of carbonyl (C=O) groups is 3. The van der Waals surface area contributed by atoms with Crippen LogP contribution in [-0.2, 0) is 25.7 Å². The molecule has 0 aliphatic rings. The van der Waals surface area contributed by atoms with Crippen molar-refractivity contribution in [2.75, 3.05) is 4.43 Å². The Bertz CT molecular complexity index is 595. The van der Waals surface area contributed by atoms with Gasteiger partial charge >= 0.3 is 18.0 Å². The van der Waals surface area contributed by atoms with Crippen molar-refractivity contribution < 1.29 is 29.0 Å². The van der Waals surface area contributed by atoms with E-state index in [1.165, 1.54) is 0 Å². The van der Waals surface area contributed by atoms with Crippen LogP contribution in [0.2, 0.25) is 0 Å². The van der Waals surface area contributed by atoms with Crippen LogP contribution in [0, 0.1) is 5.92 Å². The lowest BCUT2D eigenvalue weighted by atomic mass is 9.99. The molecule has 1 rings (SSSR count). The lowest BCUT2D eigenvalue weighted by molar-refractivity contribution is -0.154. The van der Waals surface area contributed by atoms with Crippen LogP contribution in [0.15, 0.2) is 30.3 Å². The lowest BCUT2D eigenvalue weighted by Crippen LogP contribution is -2.47. The molecule has 0 aliphatic heterocycles. The van der Waals surface area contributed by atoms with Gasteiger partial charge in [-0.3, -0.25) is 4.79 Å². The molecule has 144 valence electrons. The molecule has 0 saturated carbocycles. The zero-order valence-electron chi connectivity index (χ0n) is 14.8. The van der Waals surface area contributed by atoms with Crippen LogP contribution in [0.25, 0.3) is 0 Å². The normalized spacial score (nSPS) is 14.0. The molecular weight excluding hydrogens is 453 g/mol. The summed E-state index contributed by atoms with van der Waals surface area (Å²) >= 11 is 1.96. The predicted molar refractivity (Wildman–Crippen MR) is 104 cm³/mol. The number of nitrogens with one attached hydrogen (secondary N) is 1. The van der Waals surface area contributed by atoms with Crippen LogP contribution >= 0.6 is 22.6 Å². The molecule has 1 aromatic carbocycles. The molecule has 0 fully saturated rings. The molecule has 2 N–H and O–H groups in total. The highest BCUT2D eigenvalue weighted by atomic mass is 127.